The molecule has 3 rings (SSSR count). The lowest BCUT2D eigenvalue weighted by Crippen LogP contribution is -1.91. The van der Waals surface area contributed by atoms with Gasteiger partial charge in [0.25, 0.3) is 0 Å². The lowest BCUT2D eigenvalue weighted by atomic mass is 9.99. The van der Waals surface area contributed by atoms with Gasteiger partial charge in [-0.25, -0.2) is 9.37 Å². The van der Waals surface area contributed by atoms with E-state index in [1.54, 1.807) is 0 Å². The molecule has 0 saturated heterocycles. The van der Waals surface area contributed by atoms with E-state index < -0.39 is 0 Å². The van der Waals surface area contributed by atoms with Gasteiger partial charge >= 0.3 is 0 Å². The van der Waals surface area contributed by atoms with Crippen LogP contribution in [0.15, 0.2) is 36.4 Å². The Hall–Kier alpha value is -1.98. The number of hydrogen-bond donors (Lipinski definition) is 2. The highest BCUT2D eigenvalue weighted by Gasteiger charge is 2.13. The van der Waals surface area contributed by atoms with Crippen LogP contribution < -0.4 is 5.73 Å². The molecule has 0 aliphatic rings. The van der Waals surface area contributed by atoms with E-state index in [-0.39, 0.29) is 12.4 Å². The summed E-state index contributed by atoms with van der Waals surface area (Å²) in [5, 5.41) is 9.80. The van der Waals surface area contributed by atoms with Crippen molar-refractivity contribution in [1.82, 2.24) is 4.98 Å². The monoisotopic (exact) mass is 274 g/mol. The summed E-state index contributed by atoms with van der Waals surface area (Å²) in [6.45, 7) is -0.103. The molecule has 0 aliphatic heterocycles. The van der Waals surface area contributed by atoms with Crippen molar-refractivity contribution < 1.29 is 9.50 Å². The zero-order chi connectivity index (χ0) is 13.4. The number of nitrogens with two attached hydrogens (primary N) is 1. The van der Waals surface area contributed by atoms with Crippen LogP contribution >= 0.6 is 11.3 Å². The number of benzene rings is 2. The summed E-state index contributed by atoms with van der Waals surface area (Å²) >= 11 is 1.25. The van der Waals surface area contributed by atoms with Gasteiger partial charge in [0.2, 0.25) is 0 Å². The quantitative estimate of drug-likeness (QED) is 0.754. The first-order valence-electron chi connectivity index (χ1n) is 5.73. The number of nitrogens with zero attached hydrogens (tertiary/aromatic N) is 1. The number of aliphatic hydroxyl groups is 1. The molecule has 0 atom stereocenters. The average Bonchev–Trinajstić information content (AvgIpc) is 2.77. The molecule has 96 valence electrons. The highest BCUT2D eigenvalue weighted by molar-refractivity contribution is 7.22. The molecule has 5 heteroatoms. The number of aliphatic hydroxyl groups excluding tert-OH is 1. The third kappa shape index (κ3) is 2.07. The van der Waals surface area contributed by atoms with E-state index in [1.165, 1.54) is 23.5 Å². The van der Waals surface area contributed by atoms with Gasteiger partial charge in [0, 0.05) is 5.56 Å². The van der Waals surface area contributed by atoms with E-state index in [1.807, 2.05) is 24.3 Å². The lowest BCUT2D eigenvalue weighted by Gasteiger charge is -2.08. The van der Waals surface area contributed by atoms with Crippen LogP contribution in [0, 0.1) is 5.82 Å². The molecule has 0 aliphatic carbocycles. The van der Waals surface area contributed by atoms with Gasteiger partial charge in [-0.15, -0.1) is 0 Å². The molecular formula is C14H11FN2OS. The smallest absolute Gasteiger partial charge is 0.181 e. The van der Waals surface area contributed by atoms with Crippen LogP contribution in [0.5, 0.6) is 0 Å². The number of aromatic nitrogens is 1. The number of anilines is 1. The van der Waals surface area contributed by atoms with Crippen molar-refractivity contribution in [2.75, 3.05) is 5.73 Å². The summed E-state index contributed by atoms with van der Waals surface area (Å²) in [5.41, 5.74) is 8.54. The van der Waals surface area contributed by atoms with Gasteiger partial charge in [-0.2, -0.15) is 0 Å². The fourth-order valence-corrected chi connectivity index (χ4v) is 2.93. The zero-order valence-corrected chi connectivity index (χ0v) is 10.7. The first kappa shape index (κ1) is 12.1. The second-order valence-corrected chi connectivity index (χ2v) is 5.23. The maximum absolute atomic E-state index is 13.7. The summed E-state index contributed by atoms with van der Waals surface area (Å²) < 4.78 is 14.4. The first-order valence-corrected chi connectivity index (χ1v) is 6.55. The predicted octanol–water partition coefficient (Wildman–Crippen LogP) is 3.18. The molecule has 0 radical (unpaired) electrons. The molecule has 3 nitrogen and oxygen atoms in total. The van der Waals surface area contributed by atoms with Gasteiger partial charge in [-0.05, 0) is 23.3 Å². The summed E-state index contributed by atoms with van der Waals surface area (Å²) in [5.74, 6) is -0.334. The molecule has 1 aromatic heterocycles. The predicted molar refractivity (Wildman–Crippen MR) is 75.3 cm³/mol. The van der Waals surface area contributed by atoms with Crippen molar-refractivity contribution in [1.29, 1.82) is 0 Å². The normalized spacial score (nSPS) is 11.1. The van der Waals surface area contributed by atoms with E-state index in [0.717, 1.165) is 11.1 Å². The Morgan fingerprint density at radius 1 is 1.21 bits per heavy atom. The topological polar surface area (TPSA) is 59.1 Å². The molecule has 0 saturated carbocycles. The molecule has 3 aromatic rings. The fraction of sp³-hybridized carbons (Fsp3) is 0.0714. The third-order valence-corrected chi connectivity index (χ3v) is 3.79. The van der Waals surface area contributed by atoms with E-state index in [0.29, 0.717) is 20.9 Å². The summed E-state index contributed by atoms with van der Waals surface area (Å²) in [6, 6.07) is 10.2. The highest BCUT2D eigenvalue weighted by Crippen LogP contribution is 2.35. The molecule has 3 N–H and O–H groups in total. The molecule has 19 heavy (non-hydrogen) atoms. The molecule has 0 amide bonds. The number of rotatable bonds is 2. The summed E-state index contributed by atoms with van der Waals surface area (Å²) in [6.07, 6.45) is 0. The van der Waals surface area contributed by atoms with Crippen molar-refractivity contribution in [3.8, 4) is 11.1 Å². The number of thiazole rings is 1. The van der Waals surface area contributed by atoms with Gasteiger partial charge in [0.1, 0.15) is 5.82 Å². The van der Waals surface area contributed by atoms with Crippen molar-refractivity contribution in [3.63, 3.8) is 0 Å². The molecule has 1 heterocycles. The second-order valence-electron chi connectivity index (χ2n) is 4.17. The van der Waals surface area contributed by atoms with Crippen molar-refractivity contribution in [3.05, 3.63) is 47.8 Å². The molecule has 0 bridgehead atoms. The number of halogens is 1. The van der Waals surface area contributed by atoms with E-state index >= 15 is 0 Å². The Morgan fingerprint density at radius 3 is 2.79 bits per heavy atom. The Morgan fingerprint density at radius 2 is 2.00 bits per heavy atom. The van der Waals surface area contributed by atoms with E-state index in [2.05, 4.69) is 4.98 Å². The van der Waals surface area contributed by atoms with Crippen LogP contribution in [0.25, 0.3) is 21.3 Å². The van der Waals surface area contributed by atoms with Crippen molar-refractivity contribution in [2.24, 2.45) is 0 Å². The maximum Gasteiger partial charge on any atom is 0.181 e. The minimum absolute atomic E-state index is 0.103. The standard InChI is InChI=1S/C14H11FN2OS/c15-9-5-11(10-4-2-1-3-8(10)7-18)13-12(6-9)19-14(16)17-13/h1-6,18H,7H2,(H2,16,17). The second kappa shape index (κ2) is 4.60. The molecular weight excluding hydrogens is 263 g/mol. The molecule has 0 unspecified atom stereocenters. The maximum atomic E-state index is 13.7. The van der Waals surface area contributed by atoms with Crippen molar-refractivity contribution in [2.45, 2.75) is 6.61 Å². The minimum atomic E-state index is -0.334. The third-order valence-electron chi connectivity index (χ3n) is 2.95. The van der Waals surface area contributed by atoms with Gasteiger partial charge in [-0.3, -0.25) is 0 Å². The highest BCUT2D eigenvalue weighted by atomic mass is 32.1. The van der Waals surface area contributed by atoms with Crippen LogP contribution in [-0.4, -0.2) is 10.1 Å². The molecule has 0 spiro atoms. The lowest BCUT2D eigenvalue weighted by molar-refractivity contribution is 0.282. The Labute approximate surface area is 113 Å². The largest absolute Gasteiger partial charge is 0.392 e. The SMILES string of the molecule is Nc1nc2c(-c3ccccc3CO)cc(F)cc2s1. The number of hydrogen-bond acceptors (Lipinski definition) is 4. The first-order chi connectivity index (χ1) is 9.19. The Bertz CT molecular complexity index is 754. The van der Waals surface area contributed by atoms with Crippen LogP contribution in [-0.2, 0) is 6.61 Å². The van der Waals surface area contributed by atoms with E-state index in [9.17, 15) is 9.50 Å². The average molecular weight is 274 g/mol. The van der Waals surface area contributed by atoms with Crippen LogP contribution in [0.3, 0.4) is 0 Å². The Kier molecular flexibility index (Phi) is 2.93. The van der Waals surface area contributed by atoms with Gasteiger partial charge in [0.05, 0.1) is 16.8 Å². The van der Waals surface area contributed by atoms with Gasteiger partial charge < -0.3 is 10.8 Å². The fourth-order valence-electron chi connectivity index (χ4n) is 2.14. The van der Waals surface area contributed by atoms with Crippen LogP contribution in [0.4, 0.5) is 9.52 Å². The van der Waals surface area contributed by atoms with E-state index in [4.69, 9.17) is 5.73 Å². The summed E-state index contributed by atoms with van der Waals surface area (Å²) in [4.78, 5) is 4.25. The van der Waals surface area contributed by atoms with Gasteiger partial charge in [-0.1, -0.05) is 35.6 Å². The van der Waals surface area contributed by atoms with Crippen LogP contribution in [0.2, 0.25) is 0 Å². The minimum Gasteiger partial charge on any atom is -0.392 e. The Balaban J connectivity index is 2.35. The summed E-state index contributed by atoms with van der Waals surface area (Å²) in [7, 11) is 0. The van der Waals surface area contributed by atoms with Crippen molar-refractivity contribution >= 4 is 26.7 Å². The molecule has 0 fully saturated rings. The number of nitrogen functional groups attached to an aromatic ring is 1. The van der Waals surface area contributed by atoms with Crippen LogP contribution in [0.1, 0.15) is 5.56 Å². The zero-order valence-electron chi connectivity index (χ0n) is 9.93. The van der Waals surface area contributed by atoms with Gasteiger partial charge in [0.15, 0.2) is 5.13 Å². The molecule has 2 aromatic carbocycles. The number of fused-ring (bicyclic) bond motifs is 1.